The number of hydrogen-bond acceptors (Lipinski definition) is 4. The molecule has 0 saturated heterocycles. The molecule has 4 nitrogen and oxygen atoms in total. The zero-order chi connectivity index (χ0) is 13.0. The van der Waals surface area contributed by atoms with Gasteiger partial charge in [0.2, 0.25) is 5.88 Å². The largest absolute Gasteiger partial charge is 0.481 e. The van der Waals surface area contributed by atoms with Crippen LogP contribution in [0.3, 0.4) is 0 Å². The van der Waals surface area contributed by atoms with E-state index in [0.717, 1.165) is 11.1 Å². The van der Waals surface area contributed by atoms with Crippen LogP contribution in [0.4, 0.5) is 4.39 Å². The minimum atomic E-state index is -0.482. The highest BCUT2D eigenvalue weighted by Crippen LogP contribution is 2.25. The lowest BCUT2D eigenvalue weighted by Gasteiger charge is -2.15. The van der Waals surface area contributed by atoms with Crippen molar-refractivity contribution in [3.8, 4) is 5.88 Å². The fraction of sp³-hybridized carbons (Fsp3) is 0.154. The van der Waals surface area contributed by atoms with Gasteiger partial charge in [0, 0.05) is 17.8 Å². The van der Waals surface area contributed by atoms with Crippen LogP contribution in [0.15, 0.2) is 42.6 Å². The first-order valence-electron chi connectivity index (χ1n) is 5.35. The first-order chi connectivity index (χ1) is 8.74. The standard InChI is InChI=1S/C13H13FN2O2/c1-17-12-7-4-10(8-16-12)13(18-15)9-2-5-11(14)6-3-9/h2-8,13H,15H2,1H3. The first-order valence-corrected chi connectivity index (χ1v) is 5.35. The van der Waals surface area contributed by atoms with Crippen molar-refractivity contribution in [3.63, 3.8) is 0 Å². The number of rotatable bonds is 4. The molecule has 94 valence electrons. The molecule has 2 rings (SSSR count). The molecule has 1 atom stereocenters. The summed E-state index contributed by atoms with van der Waals surface area (Å²) in [5.74, 6) is 5.50. The fourth-order valence-electron chi connectivity index (χ4n) is 1.65. The molecule has 0 fully saturated rings. The average Bonchev–Trinajstić information content (AvgIpc) is 2.42. The van der Waals surface area contributed by atoms with Crippen LogP contribution in [0, 0.1) is 5.82 Å². The quantitative estimate of drug-likeness (QED) is 0.843. The maximum Gasteiger partial charge on any atom is 0.212 e. The van der Waals surface area contributed by atoms with Crippen molar-refractivity contribution in [1.82, 2.24) is 4.98 Å². The fourth-order valence-corrected chi connectivity index (χ4v) is 1.65. The Hall–Kier alpha value is -1.98. The zero-order valence-corrected chi connectivity index (χ0v) is 9.84. The molecule has 0 aliphatic rings. The lowest BCUT2D eigenvalue weighted by molar-refractivity contribution is 0.0810. The number of nitrogens with zero attached hydrogens (tertiary/aromatic N) is 1. The minimum absolute atomic E-state index is 0.303. The zero-order valence-electron chi connectivity index (χ0n) is 9.84. The van der Waals surface area contributed by atoms with E-state index in [1.54, 1.807) is 37.6 Å². The molecule has 0 amide bonds. The Balaban J connectivity index is 2.29. The maximum absolute atomic E-state index is 12.9. The highest BCUT2D eigenvalue weighted by atomic mass is 19.1. The summed E-state index contributed by atoms with van der Waals surface area (Å²) in [4.78, 5) is 9.01. The van der Waals surface area contributed by atoms with E-state index < -0.39 is 6.10 Å². The first kappa shape index (κ1) is 12.5. The third kappa shape index (κ3) is 2.64. The lowest BCUT2D eigenvalue weighted by atomic mass is 10.0. The van der Waals surface area contributed by atoms with Crippen molar-refractivity contribution in [2.75, 3.05) is 7.11 Å². The van der Waals surface area contributed by atoms with Gasteiger partial charge in [-0.05, 0) is 23.8 Å². The smallest absolute Gasteiger partial charge is 0.212 e. The highest BCUT2D eigenvalue weighted by molar-refractivity contribution is 5.30. The molecule has 2 aromatic rings. The number of benzene rings is 1. The van der Waals surface area contributed by atoms with Crippen molar-refractivity contribution in [1.29, 1.82) is 0 Å². The Morgan fingerprint density at radius 2 is 1.78 bits per heavy atom. The molecule has 1 heterocycles. The summed E-state index contributed by atoms with van der Waals surface area (Å²) >= 11 is 0. The van der Waals surface area contributed by atoms with Crippen LogP contribution in [0.1, 0.15) is 17.2 Å². The van der Waals surface area contributed by atoms with Crippen molar-refractivity contribution in [2.24, 2.45) is 5.90 Å². The van der Waals surface area contributed by atoms with Crippen molar-refractivity contribution < 1.29 is 14.0 Å². The third-order valence-corrected chi connectivity index (χ3v) is 2.58. The van der Waals surface area contributed by atoms with E-state index in [4.69, 9.17) is 15.5 Å². The van der Waals surface area contributed by atoms with Gasteiger partial charge in [-0.1, -0.05) is 12.1 Å². The summed E-state index contributed by atoms with van der Waals surface area (Å²) in [5.41, 5.74) is 1.52. The Morgan fingerprint density at radius 1 is 1.11 bits per heavy atom. The van der Waals surface area contributed by atoms with E-state index in [2.05, 4.69) is 4.98 Å². The van der Waals surface area contributed by atoms with Gasteiger partial charge in [0.15, 0.2) is 0 Å². The van der Waals surface area contributed by atoms with E-state index in [9.17, 15) is 4.39 Å². The SMILES string of the molecule is COc1ccc(C(ON)c2ccc(F)cc2)cn1. The third-order valence-electron chi connectivity index (χ3n) is 2.58. The maximum atomic E-state index is 12.9. The lowest BCUT2D eigenvalue weighted by Crippen LogP contribution is -2.11. The van der Waals surface area contributed by atoms with Crippen molar-refractivity contribution >= 4 is 0 Å². The molecule has 0 saturated carbocycles. The number of aromatic nitrogens is 1. The van der Waals surface area contributed by atoms with Crippen LogP contribution in [0.5, 0.6) is 5.88 Å². The number of halogens is 1. The van der Waals surface area contributed by atoms with E-state index in [-0.39, 0.29) is 5.82 Å². The van der Waals surface area contributed by atoms with Gasteiger partial charge in [0.1, 0.15) is 11.9 Å². The second-order valence-corrected chi connectivity index (χ2v) is 3.70. The predicted molar refractivity (Wildman–Crippen MR) is 64.3 cm³/mol. The average molecular weight is 248 g/mol. The van der Waals surface area contributed by atoms with Crippen molar-refractivity contribution in [2.45, 2.75) is 6.10 Å². The van der Waals surface area contributed by atoms with Crippen LogP contribution in [0.25, 0.3) is 0 Å². The molecule has 1 aromatic heterocycles. The van der Waals surface area contributed by atoms with E-state index in [1.807, 2.05) is 0 Å². The summed E-state index contributed by atoms with van der Waals surface area (Å²) < 4.78 is 17.8. The Bertz CT molecular complexity index is 499. The van der Waals surface area contributed by atoms with E-state index in [0.29, 0.717) is 5.88 Å². The highest BCUT2D eigenvalue weighted by Gasteiger charge is 2.14. The summed E-state index contributed by atoms with van der Waals surface area (Å²) in [5, 5.41) is 0. The summed E-state index contributed by atoms with van der Waals surface area (Å²) in [6.45, 7) is 0. The molecule has 18 heavy (non-hydrogen) atoms. The Morgan fingerprint density at radius 3 is 2.28 bits per heavy atom. The molecule has 0 bridgehead atoms. The second-order valence-electron chi connectivity index (χ2n) is 3.70. The number of ether oxygens (including phenoxy) is 1. The molecule has 0 radical (unpaired) electrons. The molecule has 2 N–H and O–H groups in total. The molecule has 0 aliphatic heterocycles. The molecule has 1 aromatic carbocycles. The number of pyridine rings is 1. The van der Waals surface area contributed by atoms with E-state index >= 15 is 0 Å². The number of methoxy groups -OCH3 is 1. The summed E-state index contributed by atoms with van der Waals surface area (Å²) in [7, 11) is 1.54. The number of hydrogen-bond donors (Lipinski definition) is 1. The molecule has 0 spiro atoms. The summed E-state index contributed by atoms with van der Waals surface area (Å²) in [6, 6.07) is 9.47. The van der Waals surface area contributed by atoms with Gasteiger partial charge in [-0.25, -0.2) is 15.3 Å². The normalized spacial score (nSPS) is 12.2. The van der Waals surface area contributed by atoms with Gasteiger partial charge in [0.05, 0.1) is 7.11 Å². The van der Waals surface area contributed by atoms with Gasteiger partial charge in [-0.15, -0.1) is 0 Å². The molecule has 5 heteroatoms. The number of nitrogens with two attached hydrogens (primary N) is 1. The van der Waals surface area contributed by atoms with Crippen LogP contribution < -0.4 is 10.6 Å². The Kier molecular flexibility index (Phi) is 3.86. The molecular weight excluding hydrogens is 235 g/mol. The second kappa shape index (κ2) is 5.57. The topological polar surface area (TPSA) is 57.4 Å². The molecule has 1 unspecified atom stereocenters. The van der Waals surface area contributed by atoms with Crippen LogP contribution in [-0.4, -0.2) is 12.1 Å². The van der Waals surface area contributed by atoms with Crippen LogP contribution >= 0.6 is 0 Å². The van der Waals surface area contributed by atoms with Crippen molar-refractivity contribution in [3.05, 3.63) is 59.5 Å². The van der Waals surface area contributed by atoms with Crippen LogP contribution in [0.2, 0.25) is 0 Å². The van der Waals surface area contributed by atoms with Gasteiger partial charge in [-0.2, -0.15) is 0 Å². The van der Waals surface area contributed by atoms with Gasteiger partial charge < -0.3 is 4.74 Å². The monoisotopic (exact) mass is 248 g/mol. The van der Waals surface area contributed by atoms with Crippen LogP contribution in [-0.2, 0) is 4.84 Å². The van der Waals surface area contributed by atoms with E-state index in [1.165, 1.54) is 12.1 Å². The Labute approximate surface area is 104 Å². The minimum Gasteiger partial charge on any atom is -0.481 e. The van der Waals surface area contributed by atoms with Gasteiger partial charge >= 0.3 is 0 Å². The molecular formula is C13H13FN2O2. The van der Waals surface area contributed by atoms with Gasteiger partial charge in [-0.3, -0.25) is 4.84 Å². The predicted octanol–water partition coefficient (Wildman–Crippen LogP) is 2.21. The summed E-state index contributed by atoms with van der Waals surface area (Å²) in [6.07, 6.45) is 1.13. The molecule has 0 aliphatic carbocycles. The van der Waals surface area contributed by atoms with Gasteiger partial charge in [0.25, 0.3) is 0 Å².